The standard InChI is InChI=1S/C15H17N5O2/c1-4-21-12-6-10(12)15-18-13(19-22-15)11-7-16-20-9(3)5-8(2)17-14(11)20/h5,7,10,12H,4,6H2,1-3H3/t10-,12-/m0/s1. The average molecular weight is 299 g/mol. The van der Waals surface area contributed by atoms with Crippen molar-refractivity contribution in [3.63, 3.8) is 0 Å². The molecule has 0 spiro atoms. The first kappa shape index (κ1) is 13.4. The summed E-state index contributed by atoms with van der Waals surface area (Å²) in [6.07, 6.45) is 2.89. The van der Waals surface area contributed by atoms with Crippen LogP contribution >= 0.6 is 0 Å². The quantitative estimate of drug-likeness (QED) is 0.735. The van der Waals surface area contributed by atoms with Gasteiger partial charge in [-0.25, -0.2) is 9.50 Å². The predicted octanol–water partition coefficient (Wildman–Crippen LogP) is 2.29. The Morgan fingerprint density at radius 1 is 1.36 bits per heavy atom. The van der Waals surface area contributed by atoms with Gasteiger partial charge < -0.3 is 9.26 Å². The van der Waals surface area contributed by atoms with Gasteiger partial charge in [0.2, 0.25) is 11.7 Å². The molecule has 0 unspecified atom stereocenters. The summed E-state index contributed by atoms with van der Waals surface area (Å²) in [5, 5.41) is 8.45. The van der Waals surface area contributed by atoms with Gasteiger partial charge in [-0.05, 0) is 33.3 Å². The number of fused-ring (bicyclic) bond motifs is 1. The Hall–Kier alpha value is -2.28. The lowest BCUT2D eigenvalue weighted by Gasteiger charge is -2.00. The van der Waals surface area contributed by atoms with Crippen molar-refractivity contribution < 1.29 is 9.26 Å². The minimum absolute atomic E-state index is 0.213. The van der Waals surface area contributed by atoms with Crippen LogP contribution in [-0.4, -0.2) is 37.4 Å². The minimum atomic E-state index is 0.213. The number of hydrogen-bond donors (Lipinski definition) is 0. The molecule has 7 nitrogen and oxygen atoms in total. The monoisotopic (exact) mass is 299 g/mol. The van der Waals surface area contributed by atoms with E-state index >= 15 is 0 Å². The summed E-state index contributed by atoms with van der Waals surface area (Å²) in [6, 6.07) is 1.99. The van der Waals surface area contributed by atoms with E-state index in [1.807, 2.05) is 26.8 Å². The number of nitrogens with zero attached hydrogens (tertiary/aromatic N) is 5. The summed E-state index contributed by atoms with van der Waals surface area (Å²) in [6.45, 7) is 6.65. The Kier molecular flexibility index (Phi) is 2.97. The molecule has 7 heteroatoms. The SMILES string of the molecule is CCO[C@H]1C[C@@H]1c1nc(-c2cnn3c(C)cc(C)nc23)no1. The highest BCUT2D eigenvalue weighted by Crippen LogP contribution is 2.43. The van der Waals surface area contributed by atoms with Crippen molar-refractivity contribution in [1.82, 2.24) is 24.7 Å². The molecular weight excluding hydrogens is 282 g/mol. The third-order valence-electron chi connectivity index (χ3n) is 3.89. The predicted molar refractivity (Wildman–Crippen MR) is 78.5 cm³/mol. The zero-order chi connectivity index (χ0) is 15.3. The highest BCUT2D eigenvalue weighted by Gasteiger charge is 2.43. The molecule has 1 fully saturated rings. The number of ether oxygens (including phenoxy) is 1. The van der Waals surface area contributed by atoms with E-state index in [1.54, 1.807) is 10.7 Å². The van der Waals surface area contributed by atoms with Crippen LogP contribution < -0.4 is 0 Å². The van der Waals surface area contributed by atoms with Crippen molar-refractivity contribution in [2.45, 2.75) is 39.2 Å². The van der Waals surface area contributed by atoms with E-state index in [4.69, 9.17) is 9.26 Å². The van der Waals surface area contributed by atoms with Gasteiger partial charge in [0.25, 0.3) is 0 Å². The van der Waals surface area contributed by atoms with Crippen molar-refractivity contribution in [3.8, 4) is 11.4 Å². The van der Waals surface area contributed by atoms with Crippen molar-refractivity contribution in [2.75, 3.05) is 6.61 Å². The smallest absolute Gasteiger partial charge is 0.232 e. The van der Waals surface area contributed by atoms with Gasteiger partial charge >= 0.3 is 0 Å². The fourth-order valence-electron chi connectivity index (χ4n) is 2.75. The fraction of sp³-hybridized carbons (Fsp3) is 0.467. The van der Waals surface area contributed by atoms with Crippen molar-refractivity contribution in [2.24, 2.45) is 0 Å². The first-order chi connectivity index (χ1) is 10.7. The zero-order valence-corrected chi connectivity index (χ0v) is 12.8. The van der Waals surface area contributed by atoms with Crippen molar-refractivity contribution in [3.05, 3.63) is 29.5 Å². The second-order valence-corrected chi connectivity index (χ2v) is 5.62. The van der Waals surface area contributed by atoms with E-state index in [1.165, 1.54) is 0 Å². The maximum atomic E-state index is 5.56. The minimum Gasteiger partial charge on any atom is -0.378 e. The van der Waals surface area contributed by atoms with Gasteiger partial charge in [0, 0.05) is 18.0 Å². The van der Waals surface area contributed by atoms with Gasteiger partial charge in [0.05, 0.1) is 23.8 Å². The van der Waals surface area contributed by atoms with Gasteiger partial charge in [-0.1, -0.05) is 5.16 Å². The Labute approximate surface area is 127 Å². The number of aromatic nitrogens is 5. The molecule has 1 aliphatic carbocycles. The van der Waals surface area contributed by atoms with E-state index < -0.39 is 0 Å². The van der Waals surface area contributed by atoms with Crippen LogP contribution in [0.1, 0.15) is 36.5 Å². The fourth-order valence-corrected chi connectivity index (χ4v) is 2.75. The van der Waals surface area contributed by atoms with Gasteiger partial charge in [-0.15, -0.1) is 0 Å². The van der Waals surface area contributed by atoms with Gasteiger partial charge in [-0.3, -0.25) is 0 Å². The molecule has 22 heavy (non-hydrogen) atoms. The highest BCUT2D eigenvalue weighted by molar-refractivity contribution is 5.72. The van der Waals surface area contributed by atoms with Crippen molar-refractivity contribution >= 4 is 5.65 Å². The lowest BCUT2D eigenvalue weighted by atomic mass is 10.3. The Bertz CT molecular complexity index is 838. The summed E-state index contributed by atoms with van der Waals surface area (Å²) in [4.78, 5) is 9.05. The largest absolute Gasteiger partial charge is 0.378 e. The maximum Gasteiger partial charge on any atom is 0.232 e. The van der Waals surface area contributed by atoms with Gasteiger partial charge in [0.15, 0.2) is 5.65 Å². The zero-order valence-electron chi connectivity index (χ0n) is 12.8. The molecule has 3 aromatic heterocycles. The first-order valence-corrected chi connectivity index (χ1v) is 7.45. The molecule has 4 rings (SSSR count). The molecule has 0 aromatic carbocycles. The number of hydrogen-bond acceptors (Lipinski definition) is 6. The molecule has 1 aliphatic rings. The molecule has 114 valence electrons. The summed E-state index contributed by atoms with van der Waals surface area (Å²) < 4.78 is 12.7. The van der Waals surface area contributed by atoms with Crippen LogP contribution in [-0.2, 0) is 4.74 Å². The van der Waals surface area contributed by atoms with Gasteiger partial charge in [-0.2, -0.15) is 10.1 Å². The second kappa shape index (κ2) is 4.88. The number of rotatable bonds is 4. The van der Waals surface area contributed by atoms with Crippen molar-refractivity contribution in [1.29, 1.82) is 0 Å². The van der Waals surface area contributed by atoms with Crippen LogP contribution in [0.5, 0.6) is 0 Å². The summed E-state index contributed by atoms with van der Waals surface area (Å²) in [5.74, 6) is 1.39. The summed E-state index contributed by atoms with van der Waals surface area (Å²) in [5.41, 5.74) is 3.50. The molecule has 0 radical (unpaired) electrons. The van der Waals surface area contributed by atoms with Crippen LogP contribution in [0.15, 0.2) is 16.8 Å². The topological polar surface area (TPSA) is 78.3 Å². The molecule has 2 atom stereocenters. The Morgan fingerprint density at radius 3 is 3.05 bits per heavy atom. The van der Waals surface area contributed by atoms with E-state index in [0.717, 1.165) is 29.0 Å². The van der Waals surface area contributed by atoms with Crippen LogP contribution in [0.2, 0.25) is 0 Å². The summed E-state index contributed by atoms with van der Waals surface area (Å²) in [7, 11) is 0. The van der Waals surface area contributed by atoms with E-state index in [2.05, 4.69) is 20.2 Å². The Balaban J connectivity index is 1.70. The third kappa shape index (κ3) is 2.09. The molecule has 0 aliphatic heterocycles. The van der Waals surface area contributed by atoms with Crippen LogP contribution in [0.25, 0.3) is 17.0 Å². The van der Waals surface area contributed by atoms with Crippen LogP contribution in [0.4, 0.5) is 0 Å². The van der Waals surface area contributed by atoms with Gasteiger partial charge in [0.1, 0.15) is 0 Å². The molecule has 3 heterocycles. The maximum absolute atomic E-state index is 5.56. The van der Waals surface area contributed by atoms with Crippen LogP contribution in [0, 0.1) is 13.8 Å². The third-order valence-corrected chi connectivity index (χ3v) is 3.89. The molecular formula is C15H17N5O2. The summed E-state index contributed by atoms with van der Waals surface area (Å²) >= 11 is 0. The van der Waals surface area contributed by atoms with E-state index in [-0.39, 0.29) is 12.0 Å². The second-order valence-electron chi connectivity index (χ2n) is 5.62. The van der Waals surface area contributed by atoms with Crippen LogP contribution in [0.3, 0.4) is 0 Å². The van der Waals surface area contributed by atoms with E-state index in [0.29, 0.717) is 18.3 Å². The normalized spacial score (nSPS) is 20.7. The first-order valence-electron chi connectivity index (χ1n) is 7.45. The molecule has 0 bridgehead atoms. The molecule has 1 saturated carbocycles. The number of aryl methyl sites for hydroxylation is 2. The lowest BCUT2D eigenvalue weighted by Crippen LogP contribution is -1.97. The molecule has 0 amide bonds. The Morgan fingerprint density at radius 2 is 2.23 bits per heavy atom. The lowest BCUT2D eigenvalue weighted by molar-refractivity contribution is 0.125. The molecule has 3 aromatic rings. The molecule has 0 saturated heterocycles. The molecule has 0 N–H and O–H groups in total. The van der Waals surface area contributed by atoms with E-state index in [9.17, 15) is 0 Å². The highest BCUT2D eigenvalue weighted by atomic mass is 16.5. The average Bonchev–Trinajstić information content (AvgIpc) is 2.91.